The zero-order valence-electron chi connectivity index (χ0n) is 39.5. The number of aliphatic hydroxyl groups is 1. The van der Waals surface area contributed by atoms with Gasteiger partial charge in [-0.15, -0.1) is 9.42 Å². The highest BCUT2D eigenvalue weighted by molar-refractivity contribution is 7.32. The zero-order chi connectivity index (χ0) is 51.4. The van der Waals surface area contributed by atoms with Crippen molar-refractivity contribution in [2.75, 3.05) is 7.11 Å². The maximum atomic E-state index is 14.4. The van der Waals surface area contributed by atoms with Crippen LogP contribution in [-0.2, 0) is 29.5 Å². The van der Waals surface area contributed by atoms with Gasteiger partial charge in [0, 0.05) is 17.0 Å². The van der Waals surface area contributed by atoms with Gasteiger partial charge in [-0.3, -0.25) is 14.3 Å². The Morgan fingerprint density at radius 2 is 1.18 bits per heavy atom. The molecule has 9 aromatic rings. The van der Waals surface area contributed by atoms with Gasteiger partial charge >= 0.3 is 19.9 Å². The van der Waals surface area contributed by atoms with Gasteiger partial charge in [0.15, 0.2) is 18.4 Å². The number of aromatic amines is 1. The van der Waals surface area contributed by atoms with Crippen LogP contribution >= 0.6 is 19.9 Å². The highest BCUT2D eigenvalue weighted by Crippen LogP contribution is 2.49. The van der Waals surface area contributed by atoms with E-state index in [1.54, 1.807) is 73.2 Å². The number of esters is 1. The lowest BCUT2D eigenvalue weighted by Gasteiger charge is -2.42. The molecule has 2 aromatic heterocycles. The molecule has 7 aromatic carbocycles. The number of hydrogen-bond donors (Lipinski definition) is 3. The molecule has 0 aliphatic carbocycles. The fraction of sp³-hybridized carbons (Fsp3) is 0.138. The molecular weight excluding hydrogens is 979 g/mol. The number of nitrogens with zero attached hydrogens (tertiary/aromatic N) is 3. The van der Waals surface area contributed by atoms with E-state index in [-0.39, 0.29) is 21.8 Å². The van der Waals surface area contributed by atoms with Crippen molar-refractivity contribution in [1.29, 1.82) is 0 Å². The molecule has 0 amide bonds. The summed E-state index contributed by atoms with van der Waals surface area (Å²) < 4.78 is 40.3. The molecule has 370 valence electrons. The third-order valence-corrected chi connectivity index (χ3v) is 14.3. The Balaban J connectivity index is 1.16. The number of aromatic nitrogens is 4. The topological polar surface area (TPSA) is 184 Å². The summed E-state index contributed by atoms with van der Waals surface area (Å²) >= 11 is 6.52. The second-order valence-electron chi connectivity index (χ2n) is 17.5. The van der Waals surface area contributed by atoms with Gasteiger partial charge in [0.05, 0.1) is 40.7 Å². The number of imidazole rings is 1. The summed E-state index contributed by atoms with van der Waals surface area (Å²) in [5.74, 6) is -0.474. The van der Waals surface area contributed by atoms with Gasteiger partial charge in [0.2, 0.25) is 0 Å². The van der Waals surface area contributed by atoms with Crippen LogP contribution in [-0.4, -0.2) is 66.6 Å². The Bertz CT molecular complexity index is 3390. The Labute approximate surface area is 430 Å². The van der Waals surface area contributed by atoms with Crippen molar-refractivity contribution >= 4 is 25.8 Å². The molecule has 1 fully saturated rings. The summed E-state index contributed by atoms with van der Waals surface area (Å²) in [7, 11) is -1.99. The van der Waals surface area contributed by atoms with Crippen molar-refractivity contribution in [3.63, 3.8) is 0 Å². The summed E-state index contributed by atoms with van der Waals surface area (Å²) in [6, 6.07) is 60.8. The molecule has 0 saturated carbocycles. The maximum Gasteiger partial charge on any atom is 0.695 e. The van der Waals surface area contributed by atoms with E-state index in [1.165, 1.54) is 25.4 Å². The van der Waals surface area contributed by atoms with Gasteiger partial charge in [0.1, 0.15) is 23.5 Å². The highest BCUT2D eigenvalue weighted by atomic mass is 35.5. The van der Waals surface area contributed by atoms with Crippen molar-refractivity contribution in [3.8, 4) is 17.0 Å². The molecule has 0 spiro atoms. The van der Waals surface area contributed by atoms with Gasteiger partial charge in [-0.05, 0) is 57.6 Å². The van der Waals surface area contributed by atoms with Crippen LogP contribution in [0.2, 0.25) is 5.02 Å². The predicted octanol–water partition coefficient (Wildman–Crippen LogP) is 9.46. The Morgan fingerprint density at radius 1 is 0.689 bits per heavy atom. The molecule has 0 radical (unpaired) electrons. The number of H-pyrrole nitrogens is 1. The molecule has 0 bridgehead atoms. The van der Waals surface area contributed by atoms with Crippen LogP contribution < -0.4 is 16.0 Å². The number of aliphatic hydroxyl groups excluding tert-OH is 1. The van der Waals surface area contributed by atoms with E-state index >= 15 is 0 Å². The number of benzene rings is 7. The molecular formula is C58H47ClN4O10P+. The van der Waals surface area contributed by atoms with Crippen molar-refractivity contribution in [2.24, 2.45) is 0 Å². The van der Waals surface area contributed by atoms with Crippen molar-refractivity contribution in [3.05, 3.63) is 284 Å². The molecule has 16 heteroatoms. The lowest BCUT2D eigenvalue weighted by Crippen LogP contribution is -2.53. The number of carbonyl (C=O) groups excluding carboxylic acids is 1. The second kappa shape index (κ2) is 21.2. The van der Waals surface area contributed by atoms with Crippen LogP contribution in [0, 0.1) is 0 Å². The van der Waals surface area contributed by atoms with Crippen molar-refractivity contribution in [2.45, 2.75) is 41.6 Å². The molecule has 74 heavy (non-hydrogen) atoms. The standard InChI is InChI=1S/C58H46ClN4O10P/c1-70-44-33-31-40(32-34-44)57(38-19-7-2-8-20-38,39-21-9-3-10-22-39)52(64)50-49(73-74(68)69)51(72-55(66)45-29-17-18-30-47(45)59)54(71-50)63-35-46(53(65)61-56(63)67)48-36-62(37-60-48)58(41-23-11-4-12-24-41,42-25-13-5-14-26-42)43-27-15-6-16-28-43/h2-37,49-52,54,64H,1H3,(H-,61,65,67,68,69)/p+1/t49-,50+,51-,52?,54-/m1/s1. The van der Waals surface area contributed by atoms with E-state index in [1.807, 2.05) is 132 Å². The van der Waals surface area contributed by atoms with Crippen LogP contribution in [0.5, 0.6) is 5.75 Å². The van der Waals surface area contributed by atoms with E-state index in [0.29, 0.717) is 22.4 Å². The molecule has 1 aliphatic rings. The van der Waals surface area contributed by atoms with E-state index in [0.717, 1.165) is 21.3 Å². The first-order valence-corrected chi connectivity index (χ1v) is 25.0. The largest absolute Gasteiger partial charge is 0.695 e. The minimum Gasteiger partial charge on any atom is -0.497 e. The summed E-state index contributed by atoms with van der Waals surface area (Å²) in [4.78, 5) is 60.8. The summed E-state index contributed by atoms with van der Waals surface area (Å²) in [6.45, 7) is 0. The van der Waals surface area contributed by atoms with Gasteiger partial charge in [-0.2, -0.15) is 0 Å². The fourth-order valence-corrected chi connectivity index (χ4v) is 11.0. The number of nitrogens with one attached hydrogen (secondary N) is 1. The van der Waals surface area contributed by atoms with Crippen LogP contribution in [0.25, 0.3) is 11.3 Å². The zero-order valence-corrected chi connectivity index (χ0v) is 41.1. The third kappa shape index (κ3) is 8.98. The van der Waals surface area contributed by atoms with Gasteiger partial charge in [0.25, 0.3) is 5.56 Å². The Morgan fingerprint density at radius 3 is 1.68 bits per heavy atom. The number of hydrogen-bond acceptors (Lipinski definition) is 10. The third-order valence-electron chi connectivity index (χ3n) is 13.6. The second-order valence-corrected chi connectivity index (χ2v) is 18.6. The van der Waals surface area contributed by atoms with Crippen LogP contribution in [0.1, 0.15) is 50.0 Å². The normalized spacial score (nSPS) is 17.3. The smallest absolute Gasteiger partial charge is 0.497 e. The summed E-state index contributed by atoms with van der Waals surface area (Å²) in [6.07, 6.45) is -4.20. The van der Waals surface area contributed by atoms with Gasteiger partial charge in [-0.1, -0.05) is 188 Å². The van der Waals surface area contributed by atoms with Gasteiger partial charge in [-0.25, -0.2) is 14.6 Å². The van der Waals surface area contributed by atoms with Gasteiger partial charge < -0.3 is 23.9 Å². The number of methoxy groups -OCH3 is 1. The summed E-state index contributed by atoms with van der Waals surface area (Å²) in [5.41, 5.74) is -0.0848. The molecule has 1 saturated heterocycles. The summed E-state index contributed by atoms with van der Waals surface area (Å²) in [5, 5.41) is 13.5. The lowest BCUT2D eigenvalue weighted by atomic mass is 9.64. The van der Waals surface area contributed by atoms with E-state index in [4.69, 9.17) is 35.3 Å². The minimum absolute atomic E-state index is 0.0265. The lowest BCUT2D eigenvalue weighted by molar-refractivity contribution is -0.0975. The molecule has 10 rings (SSSR count). The molecule has 3 N–H and O–H groups in total. The molecule has 3 heterocycles. The number of carbonyl (C=O) groups is 1. The number of ether oxygens (including phenoxy) is 3. The highest BCUT2D eigenvalue weighted by Gasteiger charge is 2.60. The first-order chi connectivity index (χ1) is 36.0. The molecule has 1 aliphatic heterocycles. The average Bonchev–Trinajstić information content (AvgIpc) is 4.06. The minimum atomic E-state index is -3.52. The first kappa shape index (κ1) is 49.5. The van der Waals surface area contributed by atoms with Crippen LogP contribution in [0.4, 0.5) is 0 Å². The van der Waals surface area contributed by atoms with E-state index < -0.39 is 67.1 Å². The van der Waals surface area contributed by atoms with E-state index in [2.05, 4.69) is 4.98 Å². The quantitative estimate of drug-likeness (QED) is 0.0476. The molecule has 6 atom stereocenters. The van der Waals surface area contributed by atoms with Crippen LogP contribution in [0.3, 0.4) is 0 Å². The van der Waals surface area contributed by atoms with Crippen molar-refractivity contribution in [1.82, 2.24) is 19.1 Å². The predicted molar refractivity (Wildman–Crippen MR) is 278 cm³/mol. The van der Waals surface area contributed by atoms with E-state index in [9.17, 15) is 28.9 Å². The fourth-order valence-electron chi connectivity index (χ4n) is 10.3. The monoisotopic (exact) mass is 1030 g/mol. The molecule has 2 unspecified atom stereocenters. The average molecular weight is 1030 g/mol. The Kier molecular flexibility index (Phi) is 14.2. The number of rotatable bonds is 16. The van der Waals surface area contributed by atoms with Crippen molar-refractivity contribution < 1.29 is 38.1 Å². The Hall–Kier alpha value is -8.07. The SMILES string of the molecule is COc1ccc(C(c2ccccc2)(c2ccccc2)C(O)[C@H]2O[C@@H](n3cc(-c4cn(C(c5ccccc5)(c5ccccc5)c5ccccc5)cn4)c(=O)[nH]c3=O)[C@H](OC(=O)c3ccccc3Cl)[C@@H]2O[P+](=O)O)cc1. The molecule has 14 nitrogen and oxygen atoms in total. The number of halogens is 1. The van der Waals surface area contributed by atoms with Crippen LogP contribution in [0.15, 0.2) is 229 Å². The maximum absolute atomic E-state index is 14.4. The first-order valence-electron chi connectivity index (χ1n) is 23.5.